The molecule has 0 aromatic heterocycles. The van der Waals surface area contributed by atoms with Crippen LogP contribution in [0.2, 0.25) is 0 Å². The van der Waals surface area contributed by atoms with Gasteiger partial charge in [-0.05, 0) is 18.8 Å². The van der Waals surface area contributed by atoms with E-state index in [0.29, 0.717) is 25.0 Å². The summed E-state index contributed by atoms with van der Waals surface area (Å²) in [7, 11) is 0. The van der Waals surface area contributed by atoms with Gasteiger partial charge in [-0.2, -0.15) is 6.92 Å². The van der Waals surface area contributed by atoms with Crippen molar-refractivity contribution in [2.45, 2.75) is 85.1 Å². The van der Waals surface area contributed by atoms with Crippen LogP contribution in [0.15, 0.2) is 0 Å². The van der Waals surface area contributed by atoms with Crippen LogP contribution in [0, 0.1) is 80.0 Å². The van der Waals surface area contributed by atoms with Crippen LogP contribution in [0.4, 0.5) is 0 Å². The van der Waals surface area contributed by atoms with Crippen LogP contribution in [0.5, 0.6) is 0 Å². The third-order valence-electron chi connectivity index (χ3n) is 5.16. The molecule has 0 saturated heterocycles. The van der Waals surface area contributed by atoms with E-state index in [1.807, 2.05) is 20.1 Å². The number of terminal acetylenes is 1. The Morgan fingerprint density at radius 2 is 1.90 bits per heavy atom. The summed E-state index contributed by atoms with van der Waals surface area (Å²) in [6.45, 7) is 12.6. The molecule has 31 heavy (non-hydrogen) atoms. The van der Waals surface area contributed by atoms with Crippen molar-refractivity contribution in [3.63, 3.8) is 0 Å². The van der Waals surface area contributed by atoms with Gasteiger partial charge in [0.05, 0.1) is 12.6 Å². The van der Waals surface area contributed by atoms with E-state index in [-0.39, 0.29) is 69.6 Å². The number of carbonyl (C=O) groups excluding carboxylic acids is 2. The monoisotopic (exact) mass is 829 g/mol. The van der Waals surface area contributed by atoms with E-state index >= 15 is 0 Å². The normalized spacial score (nSPS) is 15.1. The molecule has 3 atom stereocenters. The van der Waals surface area contributed by atoms with Gasteiger partial charge in [-0.3, -0.25) is 11.1 Å². The summed E-state index contributed by atoms with van der Waals surface area (Å²) in [5.41, 5.74) is 0. The van der Waals surface area contributed by atoms with Gasteiger partial charge in [-0.15, -0.1) is 12.3 Å². The number of amides is 1. The van der Waals surface area contributed by atoms with E-state index in [9.17, 15) is 9.59 Å². The molecule has 1 rings (SSSR count). The molecule has 1 amide bonds. The molecule has 0 heterocycles. The van der Waals surface area contributed by atoms with Crippen molar-refractivity contribution < 1.29 is 64.6 Å². The molecule has 184 valence electrons. The van der Waals surface area contributed by atoms with Crippen molar-refractivity contribution in [3.8, 4) is 12.3 Å². The third kappa shape index (κ3) is 26.5. The molecule has 1 saturated carbocycles. The van der Waals surface area contributed by atoms with Crippen LogP contribution in [-0.2, 0) is 35.4 Å². The van der Waals surface area contributed by atoms with Gasteiger partial charge in [-0.1, -0.05) is 58.3 Å². The van der Waals surface area contributed by atoms with Gasteiger partial charge >= 0.3 is 0 Å². The van der Waals surface area contributed by atoms with Crippen molar-refractivity contribution in [1.82, 2.24) is 5.32 Å². The second-order valence-corrected chi connectivity index (χ2v) is 7.35. The fraction of sp³-hybridized carbons (Fsp3) is 0.720. The van der Waals surface area contributed by atoms with Crippen LogP contribution in [0.25, 0.3) is 0 Å². The number of hydrogen-bond acceptors (Lipinski definition) is 3. The average molecular weight is 835 g/mol. The fourth-order valence-corrected chi connectivity index (χ4v) is 2.86. The smallest absolute Gasteiger partial charge is 0.207 e. The van der Waals surface area contributed by atoms with E-state index in [4.69, 9.17) is 11.2 Å². The number of unbranched alkanes of at least 4 members (excludes halogenated alkanes) is 2. The molecular formula is C25H45NO3PuW-4. The topological polar surface area (TPSA) is 55.4 Å². The first-order chi connectivity index (χ1) is 13.5. The molecule has 4 nitrogen and oxygen atoms in total. The van der Waals surface area contributed by atoms with Crippen molar-refractivity contribution in [2.75, 3.05) is 13.2 Å². The first-order valence-electron chi connectivity index (χ1n) is 10.7. The molecule has 0 spiro atoms. The third-order valence-corrected chi connectivity index (χ3v) is 5.16. The Labute approximate surface area is 230 Å². The number of nitrogens with one attached hydrogen (secondary N) is 1. The van der Waals surface area contributed by atoms with Gasteiger partial charge in [0.2, 0.25) is 6.41 Å². The van der Waals surface area contributed by atoms with Crippen LogP contribution in [0.3, 0.4) is 0 Å². The van der Waals surface area contributed by atoms with Crippen LogP contribution >= 0.6 is 0 Å². The average Bonchev–Trinajstić information content (AvgIpc) is 2.74. The maximum atomic E-state index is 10.5. The Hall–Kier alpha value is 0.335. The molecule has 0 aliphatic heterocycles. The molecule has 1 aliphatic rings. The summed E-state index contributed by atoms with van der Waals surface area (Å²) >= 11 is 0. The molecule has 1 fully saturated rings. The van der Waals surface area contributed by atoms with Gasteiger partial charge in [0.1, 0.15) is 6.61 Å². The Morgan fingerprint density at radius 1 is 1.32 bits per heavy atom. The molecule has 1 aliphatic carbocycles. The molecular weight excluding hydrogens is 790 g/mol. The van der Waals surface area contributed by atoms with Crippen molar-refractivity contribution >= 4 is 12.7 Å². The van der Waals surface area contributed by atoms with E-state index in [2.05, 4.69) is 38.4 Å². The largest absolute Gasteiger partial charge is 0.542 e. The zero-order valence-electron chi connectivity index (χ0n) is 20.4. The van der Waals surface area contributed by atoms with Crippen LogP contribution < -0.4 is 5.32 Å². The van der Waals surface area contributed by atoms with Gasteiger partial charge in [-0.25, -0.2) is 12.8 Å². The second-order valence-electron chi connectivity index (χ2n) is 7.35. The molecule has 1 N–H and O–H groups in total. The second kappa shape index (κ2) is 32.5. The molecule has 6 heteroatoms. The molecule has 0 radical (unpaired) electrons. The maximum absolute atomic E-state index is 10.5. The van der Waals surface area contributed by atoms with Crippen LogP contribution in [-0.4, -0.2) is 32.0 Å². The summed E-state index contributed by atoms with van der Waals surface area (Å²) in [6, 6.07) is 0.135. The quantitative estimate of drug-likeness (QED) is 0.132. The molecule has 0 aromatic carbocycles. The molecule has 0 aromatic rings. The Balaban J connectivity index is -0.000000121. The van der Waals surface area contributed by atoms with E-state index in [0.717, 1.165) is 25.7 Å². The van der Waals surface area contributed by atoms with Gasteiger partial charge in [0, 0.05) is 50.2 Å². The Kier molecular flexibility index (Phi) is 43.6. The van der Waals surface area contributed by atoms with Crippen LogP contribution in [0.1, 0.15) is 79.1 Å². The van der Waals surface area contributed by atoms with Gasteiger partial charge in [0.25, 0.3) is 0 Å². The predicted molar refractivity (Wildman–Crippen MR) is 125 cm³/mol. The predicted octanol–water partition coefficient (Wildman–Crippen LogP) is 5.38. The minimum atomic E-state index is 0. The Bertz CT molecular complexity index is 397. The molecule has 1 unspecified atom stereocenters. The maximum Gasteiger partial charge on any atom is 0.207 e. The number of ether oxygens (including phenoxy) is 1. The summed E-state index contributed by atoms with van der Waals surface area (Å²) < 4.78 is 5.29. The van der Waals surface area contributed by atoms with Crippen molar-refractivity contribution in [3.05, 3.63) is 20.8 Å². The standard InChI is InChI=1S/C12H19NO2.C7H13O.C5H10.CH3.Pu.W/c1-2-8-15-9-12(13-10-14)11-6-4-3-5-7-11;1-4-6(2)7(3)5-8;1-3-5-4-2;;;/h1,10-12H,3-9H2,(H,13,14);6-7H,4H2,1-3H3;4H,1,3,5H2,2H3;1H3;;/q;-1;-2;-1;;/t12-;6?,7-;;;;/m11..../s1. The summed E-state index contributed by atoms with van der Waals surface area (Å²) in [6.07, 6.45) is 19.4. The zero-order valence-corrected chi connectivity index (χ0v) is 26.7. The first kappa shape index (κ1) is 41.6. The fourth-order valence-electron chi connectivity index (χ4n) is 2.86. The SMILES string of the molecule is C#CCOC[C@@H](NC=O)C1CCCCC1.CCC(C)[C@H](C)[C-]=O.[CH2-]CC[CH-]C.[CH3-].[Pu].[W]. The first-order valence-corrected chi connectivity index (χ1v) is 10.7. The minimum Gasteiger partial charge on any atom is -0.542 e. The minimum absolute atomic E-state index is 0. The van der Waals surface area contributed by atoms with Crippen molar-refractivity contribution in [1.29, 1.82) is 0 Å². The number of rotatable bonds is 11. The summed E-state index contributed by atoms with van der Waals surface area (Å²) in [5.74, 6) is 3.59. The van der Waals surface area contributed by atoms with E-state index in [1.54, 1.807) is 0 Å². The van der Waals surface area contributed by atoms with E-state index in [1.165, 1.54) is 32.1 Å². The van der Waals surface area contributed by atoms with Gasteiger partial charge < -0.3 is 35.6 Å². The van der Waals surface area contributed by atoms with E-state index < -0.39 is 0 Å². The zero-order chi connectivity index (χ0) is 21.6. The Morgan fingerprint density at radius 3 is 2.23 bits per heavy atom. The summed E-state index contributed by atoms with van der Waals surface area (Å²) in [4.78, 5) is 20.5. The van der Waals surface area contributed by atoms with Crippen molar-refractivity contribution in [2.24, 2.45) is 17.8 Å². The number of carbonyl (C=O) groups is 1. The molecule has 0 bridgehead atoms. The summed E-state index contributed by atoms with van der Waals surface area (Å²) in [5, 5.41) is 2.84. The van der Waals surface area contributed by atoms with Gasteiger partial charge in [0.15, 0.2) is 0 Å². The number of hydrogen-bond donors (Lipinski definition) is 1.